The van der Waals surface area contributed by atoms with Gasteiger partial charge in [0, 0.05) is 13.1 Å². The van der Waals surface area contributed by atoms with Gasteiger partial charge in [0.2, 0.25) is 11.8 Å². The van der Waals surface area contributed by atoms with Crippen LogP contribution in [0.3, 0.4) is 0 Å². The van der Waals surface area contributed by atoms with Crippen LogP contribution < -0.4 is 4.90 Å². The summed E-state index contributed by atoms with van der Waals surface area (Å²) in [5, 5.41) is 20.2. The molecule has 1 saturated heterocycles. The summed E-state index contributed by atoms with van der Waals surface area (Å²) in [6, 6.07) is 12.3. The van der Waals surface area contributed by atoms with Gasteiger partial charge in [0.25, 0.3) is 5.89 Å². The summed E-state index contributed by atoms with van der Waals surface area (Å²) >= 11 is 3.14. The number of thioether (sulfide) groups is 1. The minimum atomic E-state index is -0.0767. The van der Waals surface area contributed by atoms with Gasteiger partial charge in [-0.3, -0.25) is 4.57 Å². The van der Waals surface area contributed by atoms with Crippen LogP contribution in [0, 0.1) is 6.92 Å². The van der Waals surface area contributed by atoms with Crippen molar-refractivity contribution >= 4 is 29.0 Å². The topological polar surface area (TPSA) is 82.1 Å². The van der Waals surface area contributed by atoms with Crippen LogP contribution in [0.4, 0.5) is 5.95 Å². The van der Waals surface area contributed by atoms with E-state index in [4.69, 9.17) is 9.15 Å². The van der Waals surface area contributed by atoms with E-state index in [1.807, 2.05) is 24.4 Å². The number of aromatic nitrogens is 5. The highest BCUT2D eigenvalue weighted by Gasteiger charge is 2.25. The van der Waals surface area contributed by atoms with Crippen molar-refractivity contribution in [3.8, 4) is 16.5 Å². The van der Waals surface area contributed by atoms with Gasteiger partial charge in [0.05, 0.1) is 29.0 Å². The van der Waals surface area contributed by atoms with E-state index < -0.39 is 0 Å². The standard InChI is InChI=1S/C21H22N6O2S2/c1-14-5-7-16(8-6-14)27-20(26-9-11-28-12-10-26)24-25-21(27)31-15(2)18-22-23-19(29-18)17-4-3-13-30-17/h3-8,13,15H,9-12H2,1-2H3/t15-/m1/s1. The summed E-state index contributed by atoms with van der Waals surface area (Å²) in [7, 11) is 0. The number of ether oxygens (including phenoxy) is 1. The SMILES string of the molecule is Cc1ccc(-n2c(S[C@H](C)c3nnc(-c4cccs4)o3)nnc2N2CCOCC2)cc1. The number of nitrogens with zero attached hydrogens (tertiary/aromatic N) is 6. The van der Waals surface area contributed by atoms with Gasteiger partial charge < -0.3 is 14.1 Å². The lowest BCUT2D eigenvalue weighted by Crippen LogP contribution is -2.37. The lowest BCUT2D eigenvalue weighted by Gasteiger charge is -2.28. The van der Waals surface area contributed by atoms with Gasteiger partial charge >= 0.3 is 0 Å². The Bertz CT molecular complexity index is 1130. The number of morpholine rings is 1. The molecule has 0 unspecified atom stereocenters. The maximum Gasteiger partial charge on any atom is 0.257 e. The van der Waals surface area contributed by atoms with E-state index in [0.717, 1.165) is 34.8 Å². The molecule has 0 amide bonds. The van der Waals surface area contributed by atoms with Gasteiger partial charge in [-0.1, -0.05) is 35.5 Å². The van der Waals surface area contributed by atoms with Crippen molar-refractivity contribution in [3.63, 3.8) is 0 Å². The molecule has 31 heavy (non-hydrogen) atoms. The number of rotatable bonds is 6. The lowest BCUT2D eigenvalue weighted by molar-refractivity contribution is 0.122. The van der Waals surface area contributed by atoms with E-state index in [1.165, 1.54) is 5.56 Å². The van der Waals surface area contributed by atoms with E-state index in [9.17, 15) is 0 Å². The zero-order chi connectivity index (χ0) is 21.2. The monoisotopic (exact) mass is 454 g/mol. The van der Waals surface area contributed by atoms with Crippen molar-refractivity contribution in [3.05, 3.63) is 53.2 Å². The number of hydrogen-bond acceptors (Lipinski definition) is 9. The average molecular weight is 455 g/mol. The summed E-state index contributed by atoms with van der Waals surface area (Å²) in [6.45, 7) is 7.08. The molecule has 0 saturated carbocycles. The Kier molecular flexibility index (Phi) is 5.75. The van der Waals surface area contributed by atoms with Crippen molar-refractivity contribution in [2.45, 2.75) is 24.3 Å². The molecule has 0 spiro atoms. The Labute approximate surface area is 188 Å². The van der Waals surface area contributed by atoms with Crippen LogP contribution in [-0.4, -0.2) is 51.3 Å². The summed E-state index contributed by atoms with van der Waals surface area (Å²) in [4.78, 5) is 3.18. The fourth-order valence-corrected chi connectivity index (χ4v) is 4.87. The van der Waals surface area contributed by atoms with Crippen molar-refractivity contribution < 1.29 is 9.15 Å². The van der Waals surface area contributed by atoms with Crippen molar-refractivity contribution in [2.24, 2.45) is 0 Å². The van der Waals surface area contributed by atoms with Gasteiger partial charge in [0.15, 0.2) is 5.16 Å². The molecule has 1 fully saturated rings. The van der Waals surface area contributed by atoms with Gasteiger partial charge in [-0.05, 0) is 37.4 Å². The van der Waals surface area contributed by atoms with E-state index in [2.05, 4.69) is 61.1 Å². The molecular weight excluding hydrogens is 432 g/mol. The second-order valence-corrected chi connectivity index (χ2v) is 9.49. The number of hydrogen-bond donors (Lipinski definition) is 0. The highest BCUT2D eigenvalue weighted by atomic mass is 32.2. The van der Waals surface area contributed by atoms with E-state index in [-0.39, 0.29) is 5.25 Å². The zero-order valence-corrected chi connectivity index (χ0v) is 18.9. The Morgan fingerprint density at radius 1 is 1.03 bits per heavy atom. The van der Waals surface area contributed by atoms with Gasteiger partial charge in [-0.25, -0.2) is 0 Å². The summed E-state index contributed by atoms with van der Waals surface area (Å²) in [5.41, 5.74) is 2.23. The maximum atomic E-state index is 5.93. The average Bonchev–Trinajstić information content (AvgIpc) is 3.55. The first-order valence-corrected chi connectivity index (χ1v) is 11.8. The molecule has 1 aromatic carbocycles. The molecule has 160 valence electrons. The van der Waals surface area contributed by atoms with Crippen LogP contribution in [0.2, 0.25) is 0 Å². The van der Waals surface area contributed by atoms with E-state index in [0.29, 0.717) is 25.0 Å². The molecule has 0 N–H and O–H groups in total. The van der Waals surface area contributed by atoms with Crippen LogP contribution >= 0.6 is 23.1 Å². The molecular formula is C21H22N6O2S2. The van der Waals surface area contributed by atoms with Gasteiger partial charge in [-0.15, -0.1) is 31.7 Å². The molecule has 10 heteroatoms. The number of benzene rings is 1. The van der Waals surface area contributed by atoms with Crippen LogP contribution in [0.15, 0.2) is 51.4 Å². The third-order valence-electron chi connectivity index (χ3n) is 5.00. The Morgan fingerprint density at radius 2 is 1.84 bits per heavy atom. The molecule has 4 aromatic rings. The van der Waals surface area contributed by atoms with Crippen LogP contribution in [-0.2, 0) is 4.74 Å². The smallest absolute Gasteiger partial charge is 0.257 e. The zero-order valence-electron chi connectivity index (χ0n) is 17.3. The molecule has 0 radical (unpaired) electrons. The van der Waals surface area contributed by atoms with E-state index >= 15 is 0 Å². The van der Waals surface area contributed by atoms with E-state index in [1.54, 1.807) is 23.1 Å². The molecule has 8 nitrogen and oxygen atoms in total. The molecule has 1 aliphatic rings. The molecule has 0 bridgehead atoms. The largest absolute Gasteiger partial charge is 0.419 e. The summed E-state index contributed by atoms with van der Waals surface area (Å²) < 4.78 is 13.5. The summed E-state index contributed by atoms with van der Waals surface area (Å²) in [6.07, 6.45) is 0. The first-order valence-electron chi connectivity index (χ1n) is 10.1. The third kappa shape index (κ3) is 4.23. The first kappa shape index (κ1) is 20.2. The minimum Gasteiger partial charge on any atom is -0.419 e. The van der Waals surface area contributed by atoms with Crippen LogP contribution in [0.1, 0.15) is 23.6 Å². The van der Waals surface area contributed by atoms with Crippen LogP contribution in [0.25, 0.3) is 16.5 Å². The minimum absolute atomic E-state index is 0.0767. The fraction of sp³-hybridized carbons (Fsp3) is 0.333. The van der Waals surface area contributed by atoms with Crippen molar-refractivity contribution in [2.75, 3.05) is 31.2 Å². The number of anilines is 1. The normalized spacial score (nSPS) is 15.4. The molecule has 0 aliphatic carbocycles. The second-order valence-electron chi connectivity index (χ2n) is 7.24. The van der Waals surface area contributed by atoms with Crippen molar-refractivity contribution in [1.29, 1.82) is 0 Å². The third-order valence-corrected chi connectivity index (χ3v) is 6.89. The van der Waals surface area contributed by atoms with Gasteiger partial charge in [0.1, 0.15) is 0 Å². The second kappa shape index (κ2) is 8.81. The van der Waals surface area contributed by atoms with Crippen LogP contribution in [0.5, 0.6) is 0 Å². The summed E-state index contributed by atoms with van der Waals surface area (Å²) in [5.74, 6) is 1.94. The number of aryl methyl sites for hydroxylation is 1. The molecule has 5 rings (SSSR count). The Balaban J connectivity index is 1.45. The Morgan fingerprint density at radius 3 is 2.58 bits per heavy atom. The molecule has 3 aromatic heterocycles. The molecule has 1 atom stereocenters. The highest BCUT2D eigenvalue weighted by molar-refractivity contribution is 7.99. The number of thiophene rings is 1. The molecule has 1 aliphatic heterocycles. The fourth-order valence-electron chi connectivity index (χ4n) is 3.33. The highest BCUT2D eigenvalue weighted by Crippen LogP contribution is 2.37. The predicted molar refractivity (Wildman–Crippen MR) is 121 cm³/mol. The quantitative estimate of drug-likeness (QED) is 0.397. The lowest BCUT2D eigenvalue weighted by atomic mass is 10.2. The molecule has 4 heterocycles. The maximum absolute atomic E-state index is 5.93. The predicted octanol–water partition coefficient (Wildman–Crippen LogP) is 4.38. The van der Waals surface area contributed by atoms with Crippen molar-refractivity contribution in [1.82, 2.24) is 25.0 Å². The van der Waals surface area contributed by atoms with Gasteiger partial charge in [-0.2, -0.15) is 0 Å². The Hall–Kier alpha value is -2.69. The first-order chi connectivity index (χ1) is 15.2.